The first-order valence-electron chi connectivity index (χ1n) is 7.55. The third kappa shape index (κ3) is 5.18. The maximum absolute atomic E-state index is 11.9. The predicted molar refractivity (Wildman–Crippen MR) is 94.3 cm³/mol. The van der Waals surface area contributed by atoms with Gasteiger partial charge in [0.1, 0.15) is 0 Å². The highest BCUT2D eigenvalue weighted by molar-refractivity contribution is 8.07. The van der Waals surface area contributed by atoms with Gasteiger partial charge in [0, 0.05) is 24.1 Å². The quantitative estimate of drug-likeness (QED) is 0.500. The molecule has 0 N–H and O–H groups in total. The molecular weight excluding hydrogens is 372 g/mol. The van der Waals surface area contributed by atoms with Crippen LogP contribution in [0, 0.1) is 6.92 Å². The summed E-state index contributed by atoms with van der Waals surface area (Å²) in [7, 11) is 0. The molecule has 0 saturated heterocycles. The summed E-state index contributed by atoms with van der Waals surface area (Å²) >= 11 is 5.32. The molecule has 0 unspecified atom stereocenters. The fraction of sp³-hybridized carbons (Fsp3) is 0.500. The number of halogens is 1. The smallest absolute Gasteiger partial charge is 0.381 e. The molecule has 0 radical (unpaired) electrons. The van der Waals surface area contributed by atoms with Gasteiger partial charge in [-0.2, -0.15) is 0 Å². The largest absolute Gasteiger partial charge is 0.462 e. The fourth-order valence-corrected chi connectivity index (χ4v) is 3.96. The van der Waals surface area contributed by atoms with Crippen LogP contribution in [0.1, 0.15) is 36.8 Å². The number of esters is 1. The van der Waals surface area contributed by atoms with Crippen molar-refractivity contribution >= 4 is 30.1 Å². The molecule has 0 atom stereocenters. The Morgan fingerprint density at radius 2 is 1.88 bits per heavy atom. The van der Waals surface area contributed by atoms with Crippen molar-refractivity contribution in [2.45, 2.75) is 27.7 Å². The molecule has 11 heteroatoms. The summed E-state index contributed by atoms with van der Waals surface area (Å²) in [4.78, 5) is 16.3. The zero-order chi connectivity index (χ0) is 17.7. The second kappa shape index (κ2) is 9.19. The number of aromatic nitrogens is 3. The van der Waals surface area contributed by atoms with Crippen LogP contribution in [-0.2, 0) is 25.6 Å². The summed E-state index contributed by atoms with van der Waals surface area (Å²) in [5.74, 6) is -0.218. The summed E-state index contributed by atoms with van der Waals surface area (Å²) in [6.07, 6.45) is 1.55. The van der Waals surface area contributed by atoms with Gasteiger partial charge in [0.2, 0.25) is 5.88 Å². The fourth-order valence-electron chi connectivity index (χ4n) is 1.96. The van der Waals surface area contributed by atoms with E-state index < -0.39 is 12.7 Å². The van der Waals surface area contributed by atoms with Gasteiger partial charge < -0.3 is 9.26 Å². The highest BCUT2D eigenvalue weighted by Crippen LogP contribution is 2.49. The minimum atomic E-state index is -2.91. The molecular formula is C14H21FN3O5PS. The standard InChI is InChI=1S/C14H20N3O5PS.FH/c1-5-19-14(18)11-9-17-12(15-10(11)4)8-13(16-17)22-23(24,20-6-2)21-7-3;/h8-9H,5-7H2,1-4H3;1H. The third-order valence-electron chi connectivity index (χ3n) is 2.89. The Morgan fingerprint density at radius 3 is 2.44 bits per heavy atom. The number of carbonyl (C=O) groups excluding carboxylic acids is 1. The Kier molecular flexibility index (Phi) is 7.88. The molecule has 0 aliphatic carbocycles. The van der Waals surface area contributed by atoms with E-state index in [1.165, 1.54) is 4.52 Å². The van der Waals surface area contributed by atoms with E-state index in [0.717, 1.165) is 0 Å². The van der Waals surface area contributed by atoms with E-state index in [2.05, 4.69) is 10.1 Å². The lowest BCUT2D eigenvalue weighted by atomic mass is 10.2. The summed E-state index contributed by atoms with van der Waals surface area (Å²) < 4.78 is 22.9. The van der Waals surface area contributed by atoms with Crippen molar-refractivity contribution in [3.8, 4) is 5.88 Å². The van der Waals surface area contributed by atoms with E-state index in [9.17, 15) is 4.79 Å². The summed E-state index contributed by atoms with van der Waals surface area (Å²) in [5, 5.41) is 4.23. The van der Waals surface area contributed by atoms with Crippen molar-refractivity contribution in [3.05, 3.63) is 23.5 Å². The number of nitrogens with zero attached hydrogens (tertiary/aromatic N) is 3. The third-order valence-corrected chi connectivity index (χ3v) is 5.31. The first-order valence-corrected chi connectivity index (χ1v) is 10.1. The number of carbonyl (C=O) groups is 1. The maximum Gasteiger partial charge on any atom is 0.381 e. The van der Waals surface area contributed by atoms with Crippen LogP contribution in [0.15, 0.2) is 12.3 Å². The monoisotopic (exact) mass is 393 g/mol. The van der Waals surface area contributed by atoms with Gasteiger partial charge in [0.05, 0.1) is 31.1 Å². The number of hydrogen-bond acceptors (Lipinski definition) is 8. The summed E-state index contributed by atoms with van der Waals surface area (Å²) in [5.41, 5.74) is 1.40. The van der Waals surface area contributed by atoms with Gasteiger partial charge >= 0.3 is 12.7 Å². The Labute approximate surface area is 150 Å². The van der Waals surface area contributed by atoms with Crippen LogP contribution in [0.4, 0.5) is 4.70 Å². The van der Waals surface area contributed by atoms with Crippen molar-refractivity contribution < 1.29 is 27.8 Å². The lowest BCUT2D eigenvalue weighted by molar-refractivity contribution is 0.0524. The zero-order valence-corrected chi connectivity index (χ0v) is 16.1. The van der Waals surface area contributed by atoms with Crippen LogP contribution in [0.25, 0.3) is 5.65 Å². The van der Waals surface area contributed by atoms with E-state index in [1.807, 2.05) is 13.8 Å². The Balaban J connectivity index is 0.00000312. The van der Waals surface area contributed by atoms with Crippen LogP contribution in [0.3, 0.4) is 0 Å². The predicted octanol–water partition coefficient (Wildman–Crippen LogP) is 3.04. The number of hydrogen-bond donors (Lipinski definition) is 0. The van der Waals surface area contributed by atoms with Gasteiger partial charge in [-0.05, 0) is 27.7 Å². The number of ether oxygens (including phenoxy) is 1. The SMILES string of the molecule is CCOC(=O)c1cn2nc(OP(=S)(OCC)OCC)cc2nc1C.F. The molecule has 2 rings (SSSR count). The molecule has 0 saturated carbocycles. The molecule has 0 bridgehead atoms. The number of aryl methyl sites for hydroxylation is 1. The van der Waals surface area contributed by atoms with Crippen molar-refractivity contribution in [2.75, 3.05) is 19.8 Å². The molecule has 0 amide bonds. The minimum Gasteiger partial charge on any atom is -0.462 e. The average Bonchev–Trinajstić information content (AvgIpc) is 2.87. The molecule has 0 aliphatic rings. The lowest BCUT2D eigenvalue weighted by Crippen LogP contribution is -2.10. The molecule has 25 heavy (non-hydrogen) atoms. The van der Waals surface area contributed by atoms with E-state index in [0.29, 0.717) is 30.1 Å². The lowest BCUT2D eigenvalue weighted by Gasteiger charge is -2.19. The molecule has 0 aromatic carbocycles. The molecule has 0 spiro atoms. The molecule has 2 aromatic rings. The summed E-state index contributed by atoms with van der Waals surface area (Å²) in [6, 6.07) is 1.61. The van der Waals surface area contributed by atoms with Gasteiger partial charge in [-0.1, -0.05) is 0 Å². The molecule has 8 nitrogen and oxygen atoms in total. The minimum absolute atomic E-state index is 0. The molecule has 2 heterocycles. The van der Waals surface area contributed by atoms with Crippen molar-refractivity contribution in [3.63, 3.8) is 0 Å². The van der Waals surface area contributed by atoms with Crippen LogP contribution >= 0.6 is 6.72 Å². The van der Waals surface area contributed by atoms with Crippen molar-refractivity contribution in [1.82, 2.24) is 14.6 Å². The molecule has 140 valence electrons. The van der Waals surface area contributed by atoms with E-state index >= 15 is 0 Å². The van der Waals surface area contributed by atoms with Crippen LogP contribution in [0.2, 0.25) is 0 Å². The van der Waals surface area contributed by atoms with Gasteiger partial charge in [0.25, 0.3) is 0 Å². The van der Waals surface area contributed by atoms with E-state index in [4.69, 9.17) is 30.1 Å². The first kappa shape index (κ1) is 21.4. The highest BCUT2D eigenvalue weighted by atomic mass is 32.5. The summed E-state index contributed by atoms with van der Waals surface area (Å²) in [6.45, 7) is 5.20. The average molecular weight is 393 g/mol. The van der Waals surface area contributed by atoms with Gasteiger partial charge in [-0.3, -0.25) is 13.8 Å². The Morgan fingerprint density at radius 1 is 1.24 bits per heavy atom. The molecule has 0 fully saturated rings. The van der Waals surface area contributed by atoms with Gasteiger partial charge in [-0.25, -0.2) is 14.3 Å². The van der Waals surface area contributed by atoms with Crippen LogP contribution < -0.4 is 4.52 Å². The first-order chi connectivity index (χ1) is 11.4. The van der Waals surface area contributed by atoms with Gasteiger partial charge in [-0.15, -0.1) is 5.10 Å². The van der Waals surface area contributed by atoms with E-state index in [-0.39, 0.29) is 17.2 Å². The zero-order valence-electron chi connectivity index (χ0n) is 14.4. The number of fused-ring (bicyclic) bond motifs is 1. The maximum atomic E-state index is 11.9. The van der Waals surface area contributed by atoms with Gasteiger partial charge in [0.15, 0.2) is 5.65 Å². The highest BCUT2D eigenvalue weighted by Gasteiger charge is 2.23. The number of rotatable bonds is 8. The Hall–Kier alpha value is -1.61. The van der Waals surface area contributed by atoms with Crippen LogP contribution in [0.5, 0.6) is 5.88 Å². The Bertz CT molecular complexity index is 775. The van der Waals surface area contributed by atoms with E-state index in [1.54, 1.807) is 26.1 Å². The van der Waals surface area contributed by atoms with Crippen molar-refractivity contribution in [2.24, 2.45) is 0 Å². The van der Waals surface area contributed by atoms with Crippen molar-refractivity contribution in [1.29, 1.82) is 0 Å². The van der Waals surface area contributed by atoms with Crippen LogP contribution in [-0.4, -0.2) is 40.4 Å². The second-order valence-electron chi connectivity index (χ2n) is 4.62. The topological polar surface area (TPSA) is 84.2 Å². The second-order valence-corrected chi connectivity index (χ2v) is 7.55. The normalized spacial score (nSPS) is 11.2. The molecule has 2 aromatic heterocycles. The molecule has 0 aliphatic heterocycles.